The fourth-order valence-electron chi connectivity index (χ4n) is 2.71. The van der Waals surface area contributed by atoms with Gasteiger partial charge in [0.1, 0.15) is 0 Å². The van der Waals surface area contributed by atoms with E-state index in [-0.39, 0.29) is 11.6 Å². The van der Waals surface area contributed by atoms with Crippen molar-refractivity contribution in [3.63, 3.8) is 0 Å². The normalized spacial score (nSPS) is 37.2. The highest BCUT2D eigenvalue weighted by Crippen LogP contribution is 2.39. The molecule has 1 heterocycles. The van der Waals surface area contributed by atoms with Crippen molar-refractivity contribution in [2.45, 2.75) is 45.4 Å². The molecule has 0 aliphatic carbocycles. The van der Waals surface area contributed by atoms with Crippen LogP contribution in [0.3, 0.4) is 0 Å². The van der Waals surface area contributed by atoms with Crippen molar-refractivity contribution in [2.24, 2.45) is 11.8 Å². The zero-order valence-corrected chi connectivity index (χ0v) is 10.8. The summed E-state index contributed by atoms with van der Waals surface area (Å²) in [6.45, 7) is 9.57. The molecule has 0 aromatic carbocycles. The van der Waals surface area contributed by atoms with E-state index in [2.05, 4.69) is 33.0 Å². The third-order valence-electron chi connectivity index (χ3n) is 3.91. The van der Waals surface area contributed by atoms with E-state index in [1.54, 1.807) is 7.11 Å². The summed E-state index contributed by atoms with van der Waals surface area (Å²) in [5.41, 5.74) is 0.0906. The second-order valence-electron chi connectivity index (χ2n) is 5.19. The van der Waals surface area contributed by atoms with Crippen LogP contribution in [0.2, 0.25) is 0 Å². The van der Waals surface area contributed by atoms with Crippen molar-refractivity contribution in [1.82, 2.24) is 5.32 Å². The molecule has 0 spiro atoms. The Hall–Kier alpha value is -0.120. The SMILES string of the molecule is CNC(C)(C)C1C(COC)OC(C)C1C. The molecule has 0 radical (unpaired) electrons. The molecule has 1 N–H and O–H groups in total. The van der Waals surface area contributed by atoms with Gasteiger partial charge in [-0.25, -0.2) is 0 Å². The summed E-state index contributed by atoms with van der Waals surface area (Å²) in [4.78, 5) is 0. The van der Waals surface area contributed by atoms with Crippen LogP contribution in [0.25, 0.3) is 0 Å². The minimum atomic E-state index is 0.0906. The predicted molar refractivity (Wildman–Crippen MR) is 62.0 cm³/mol. The van der Waals surface area contributed by atoms with Gasteiger partial charge >= 0.3 is 0 Å². The fraction of sp³-hybridized carbons (Fsp3) is 1.00. The van der Waals surface area contributed by atoms with Gasteiger partial charge in [-0.1, -0.05) is 6.92 Å². The van der Waals surface area contributed by atoms with Crippen LogP contribution in [0, 0.1) is 11.8 Å². The summed E-state index contributed by atoms with van der Waals surface area (Å²) in [5, 5.41) is 3.39. The molecule has 0 bridgehead atoms. The maximum atomic E-state index is 5.95. The Morgan fingerprint density at radius 2 is 1.93 bits per heavy atom. The molecule has 0 aromatic heterocycles. The van der Waals surface area contributed by atoms with Crippen LogP contribution < -0.4 is 5.32 Å². The van der Waals surface area contributed by atoms with E-state index in [9.17, 15) is 0 Å². The van der Waals surface area contributed by atoms with E-state index in [0.29, 0.717) is 24.5 Å². The van der Waals surface area contributed by atoms with Gasteiger partial charge in [0.05, 0.1) is 18.8 Å². The molecule has 0 saturated carbocycles. The lowest BCUT2D eigenvalue weighted by Crippen LogP contribution is -2.50. The van der Waals surface area contributed by atoms with Gasteiger partial charge < -0.3 is 14.8 Å². The Labute approximate surface area is 93.5 Å². The Morgan fingerprint density at radius 1 is 1.33 bits per heavy atom. The largest absolute Gasteiger partial charge is 0.382 e. The standard InChI is InChI=1S/C12H25NO2/c1-8-9(2)15-10(7-14-6)11(8)12(3,4)13-5/h8-11,13H,7H2,1-6H3. The molecule has 3 heteroatoms. The van der Waals surface area contributed by atoms with E-state index in [1.165, 1.54) is 0 Å². The summed E-state index contributed by atoms with van der Waals surface area (Å²) in [7, 11) is 3.75. The molecule has 1 aliphatic rings. The highest BCUT2D eigenvalue weighted by Gasteiger charge is 2.46. The number of rotatable bonds is 4. The second kappa shape index (κ2) is 4.81. The predicted octanol–water partition coefficient (Wildman–Crippen LogP) is 1.67. The third-order valence-corrected chi connectivity index (χ3v) is 3.91. The number of methoxy groups -OCH3 is 1. The number of hydrogen-bond donors (Lipinski definition) is 1. The molecule has 15 heavy (non-hydrogen) atoms. The van der Waals surface area contributed by atoms with E-state index in [0.717, 1.165) is 0 Å². The maximum Gasteiger partial charge on any atom is 0.0861 e. The number of hydrogen-bond acceptors (Lipinski definition) is 3. The first kappa shape index (κ1) is 12.9. The van der Waals surface area contributed by atoms with Crippen LogP contribution in [-0.4, -0.2) is 38.5 Å². The van der Waals surface area contributed by atoms with Crippen molar-refractivity contribution in [2.75, 3.05) is 20.8 Å². The first-order valence-electron chi connectivity index (χ1n) is 5.77. The number of ether oxygens (including phenoxy) is 2. The van der Waals surface area contributed by atoms with Crippen LogP contribution in [0.1, 0.15) is 27.7 Å². The quantitative estimate of drug-likeness (QED) is 0.774. The number of nitrogens with one attached hydrogen (secondary N) is 1. The molecule has 4 atom stereocenters. The lowest BCUT2D eigenvalue weighted by atomic mass is 9.75. The van der Waals surface area contributed by atoms with Crippen LogP contribution >= 0.6 is 0 Å². The summed E-state index contributed by atoms with van der Waals surface area (Å²) in [6.07, 6.45) is 0.533. The van der Waals surface area contributed by atoms with Crippen molar-refractivity contribution >= 4 is 0 Å². The van der Waals surface area contributed by atoms with Crippen LogP contribution in [0.15, 0.2) is 0 Å². The van der Waals surface area contributed by atoms with Gasteiger partial charge in [0, 0.05) is 18.6 Å². The first-order chi connectivity index (χ1) is 6.94. The highest BCUT2D eigenvalue weighted by atomic mass is 16.5. The van der Waals surface area contributed by atoms with E-state index >= 15 is 0 Å². The van der Waals surface area contributed by atoms with Crippen molar-refractivity contribution < 1.29 is 9.47 Å². The minimum absolute atomic E-state index is 0.0906. The van der Waals surface area contributed by atoms with E-state index < -0.39 is 0 Å². The van der Waals surface area contributed by atoms with E-state index in [4.69, 9.17) is 9.47 Å². The lowest BCUT2D eigenvalue weighted by Gasteiger charge is -2.36. The van der Waals surface area contributed by atoms with Crippen molar-refractivity contribution in [3.05, 3.63) is 0 Å². The molecule has 3 nitrogen and oxygen atoms in total. The summed E-state index contributed by atoms with van der Waals surface area (Å²) >= 11 is 0. The molecule has 4 unspecified atom stereocenters. The minimum Gasteiger partial charge on any atom is -0.382 e. The van der Waals surface area contributed by atoms with Crippen LogP contribution in [-0.2, 0) is 9.47 Å². The lowest BCUT2D eigenvalue weighted by molar-refractivity contribution is -0.0182. The molecule has 1 rings (SSSR count). The molecular formula is C12H25NO2. The zero-order chi connectivity index (χ0) is 11.6. The maximum absolute atomic E-state index is 5.95. The first-order valence-corrected chi connectivity index (χ1v) is 5.77. The molecule has 1 aliphatic heterocycles. The van der Waals surface area contributed by atoms with Gasteiger partial charge in [-0.3, -0.25) is 0 Å². The highest BCUT2D eigenvalue weighted by molar-refractivity contribution is 4.98. The zero-order valence-electron chi connectivity index (χ0n) is 10.8. The Bertz CT molecular complexity index is 206. The van der Waals surface area contributed by atoms with Gasteiger partial charge in [0.2, 0.25) is 0 Å². The molecule has 1 saturated heterocycles. The molecule has 0 aromatic rings. The van der Waals surface area contributed by atoms with Gasteiger partial charge in [0.25, 0.3) is 0 Å². The average Bonchev–Trinajstić information content (AvgIpc) is 2.44. The second-order valence-corrected chi connectivity index (χ2v) is 5.19. The topological polar surface area (TPSA) is 30.5 Å². The average molecular weight is 215 g/mol. The Kier molecular flexibility index (Phi) is 4.15. The molecule has 90 valence electrons. The summed E-state index contributed by atoms with van der Waals surface area (Å²) < 4.78 is 11.2. The van der Waals surface area contributed by atoms with Gasteiger partial charge in [-0.05, 0) is 33.7 Å². The molecule has 1 fully saturated rings. The van der Waals surface area contributed by atoms with Crippen LogP contribution in [0.5, 0.6) is 0 Å². The van der Waals surface area contributed by atoms with E-state index in [1.807, 2.05) is 7.05 Å². The van der Waals surface area contributed by atoms with Crippen molar-refractivity contribution in [1.29, 1.82) is 0 Å². The smallest absolute Gasteiger partial charge is 0.0861 e. The van der Waals surface area contributed by atoms with Crippen molar-refractivity contribution in [3.8, 4) is 0 Å². The summed E-state index contributed by atoms with van der Waals surface area (Å²) in [5.74, 6) is 1.06. The van der Waals surface area contributed by atoms with Gasteiger partial charge in [-0.15, -0.1) is 0 Å². The van der Waals surface area contributed by atoms with Crippen LogP contribution in [0.4, 0.5) is 0 Å². The van der Waals surface area contributed by atoms with Gasteiger partial charge in [-0.2, -0.15) is 0 Å². The monoisotopic (exact) mass is 215 g/mol. The van der Waals surface area contributed by atoms with Gasteiger partial charge in [0.15, 0.2) is 0 Å². The molecular weight excluding hydrogens is 190 g/mol. The Balaban J connectivity index is 2.81. The third kappa shape index (κ3) is 2.52. The fourth-order valence-corrected chi connectivity index (χ4v) is 2.71. The Morgan fingerprint density at radius 3 is 2.40 bits per heavy atom. The molecule has 0 amide bonds. The summed E-state index contributed by atoms with van der Waals surface area (Å²) in [6, 6.07) is 0.